The fourth-order valence-corrected chi connectivity index (χ4v) is 4.81. The minimum absolute atomic E-state index is 0.0320. The molecule has 2 aromatic heterocycles. The van der Waals surface area contributed by atoms with E-state index in [1.807, 2.05) is 42.4 Å². The Morgan fingerprint density at radius 2 is 2.19 bits per heavy atom. The highest BCUT2D eigenvalue weighted by molar-refractivity contribution is 7.16. The molecular formula is C19H17ClN4OS. The summed E-state index contributed by atoms with van der Waals surface area (Å²) in [4.78, 5) is 15.2. The molecule has 1 aliphatic heterocycles. The van der Waals surface area contributed by atoms with Crippen molar-refractivity contribution in [2.45, 2.75) is 12.5 Å². The van der Waals surface area contributed by atoms with Gasteiger partial charge in [-0.25, -0.2) is 0 Å². The molecule has 0 aliphatic carbocycles. The van der Waals surface area contributed by atoms with E-state index in [4.69, 9.17) is 11.6 Å². The van der Waals surface area contributed by atoms with Crippen LogP contribution in [0.1, 0.15) is 21.9 Å². The van der Waals surface area contributed by atoms with Crippen molar-refractivity contribution >= 4 is 28.8 Å². The summed E-state index contributed by atoms with van der Waals surface area (Å²) in [5.74, 6) is -0.0354. The van der Waals surface area contributed by atoms with Gasteiger partial charge in [0.05, 0.1) is 17.1 Å². The highest BCUT2D eigenvalue weighted by Crippen LogP contribution is 2.42. The Labute approximate surface area is 160 Å². The molecular weight excluding hydrogens is 368 g/mol. The summed E-state index contributed by atoms with van der Waals surface area (Å²) in [5, 5.41) is 8.32. The first kappa shape index (κ1) is 17.0. The van der Waals surface area contributed by atoms with Crippen LogP contribution in [0.25, 0.3) is 11.3 Å². The third-order valence-electron chi connectivity index (χ3n) is 4.63. The number of hydrogen-bond acceptors (Lipinski definition) is 4. The Balaban J connectivity index is 1.84. The SMILES string of the molecule is C=CC(=O)N1Cc2sc(Cl)cc2[C@H](c2ccccc2-c2cn(C)nn2)C1. The number of fused-ring (bicyclic) bond motifs is 1. The number of rotatable bonds is 3. The molecule has 0 radical (unpaired) electrons. The fourth-order valence-electron chi connectivity index (χ4n) is 3.45. The number of hydrogen-bond donors (Lipinski definition) is 0. The van der Waals surface area contributed by atoms with E-state index in [1.165, 1.54) is 23.0 Å². The first-order valence-corrected chi connectivity index (χ1v) is 9.41. The van der Waals surface area contributed by atoms with Gasteiger partial charge in [-0.1, -0.05) is 47.7 Å². The molecule has 0 saturated carbocycles. The number of carbonyl (C=O) groups is 1. The molecule has 0 fully saturated rings. The lowest BCUT2D eigenvalue weighted by molar-refractivity contribution is -0.127. The first-order valence-electron chi connectivity index (χ1n) is 8.22. The minimum atomic E-state index is -0.0674. The predicted octanol–water partition coefficient (Wildman–Crippen LogP) is 3.86. The molecule has 1 aliphatic rings. The molecule has 5 nitrogen and oxygen atoms in total. The molecule has 7 heteroatoms. The van der Waals surface area contributed by atoms with Crippen molar-refractivity contribution < 1.29 is 4.79 Å². The molecule has 0 N–H and O–H groups in total. The van der Waals surface area contributed by atoms with Gasteiger partial charge in [-0.2, -0.15) is 0 Å². The van der Waals surface area contributed by atoms with E-state index in [9.17, 15) is 4.79 Å². The van der Waals surface area contributed by atoms with Gasteiger partial charge in [-0.05, 0) is 23.3 Å². The van der Waals surface area contributed by atoms with Crippen LogP contribution in [0.15, 0.2) is 49.2 Å². The maximum atomic E-state index is 12.3. The Morgan fingerprint density at radius 1 is 1.38 bits per heavy atom. The van der Waals surface area contributed by atoms with E-state index in [-0.39, 0.29) is 11.8 Å². The van der Waals surface area contributed by atoms with E-state index in [2.05, 4.69) is 23.0 Å². The van der Waals surface area contributed by atoms with E-state index in [0.29, 0.717) is 13.1 Å². The zero-order valence-corrected chi connectivity index (χ0v) is 15.8. The van der Waals surface area contributed by atoms with Gasteiger partial charge in [0.15, 0.2) is 0 Å². The molecule has 26 heavy (non-hydrogen) atoms. The van der Waals surface area contributed by atoms with Gasteiger partial charge in [0, 0.05) is 30.0 Å². The van der Waals surface area contributed by atoms with Gasteiger partial charge < -0.3 is 4.90 Å². The summed E-state index contributed by atoms with van der Waals surface area (Å²) in [6.07, 6.45) is 3.27. The topological polar surface area (TPSA) is 51.0 Å². The molecule has 3 heterocycles. The lowest BCUT2D eigenvalue weighted by Gasteiger charge is -2.33. The van der Waals surface area contributed by atoms with Crippen LogP contribution in [-0.4, -0.2) is 32.3 Å². The number of carbonyl (C=O) groups excluding carboxylic acids is 1. The number of amides is 1. The molecule has 4 rings (SSSR count). The Hall–Kier alpha value is -2.44. The standard InChI is InChI=1S/C19H17ClN4OS/c1-3-19(25)24-9-15(14-8-18(20)26-17(14)11-24)12-6-4-5-7-13(12)16-10-23(2)22-21-16/h3-8,10,15H,1,9,11H2,2H3/t15-/m0/s1. The average molecular weight is 385 g/mol. The largest absolute Gasteiger partial charge is 0.333 e. The number of aromatic nitrogens is 3. The van der Waals surface area contributed by atoms with E-state index < -0.39 is 0 Å². The molecule has 0 unspecified atom stereocenters. The van der Waals surface area contributed by atoms with E-state index in [0.717, 1.165) is 26.0 Å². The summed E-state index contributed by atoms with van der Waals surface area (Å²) in [6.45, 7) is 4.78. The third-order valence-corrected chi connectivity index (χ3v) is 5.89. The lowest BCUT2D eigenvalue weighted by Crippen LogP contribution is -2.37. The minimum Gasteiger partial charge on any atom is -0.333 e. The van der Waals surface area contributed by atoms with Crippen LogP contribution in [0.5, 0.6) is 0 Å². The van der Waals surface area contributed by atoms with Gasteiger partial charge in [-0.3, -0.25) is 9.48 Å². The summed E-state index contributed by atoms with van der Waals surface area (Å²) < 4.78 is 2.43. The van der Waals surface area contributed by atoms with Gasteiger partial charge in [-0.15, -0.1) is 16.4 Å². The molecule has 1 atom stereocenters. The monoisotopic (exact) mass is 384 g/mol. The summed E-state index contributed by atoms with van der Waals surface area (Å²) in [6, 6.07) is 10.2. The maximum Gasteiger partial charge on any atom is 0.246 e. The van der Waals surface area contributed by atoms with Crippen LogP contribution in [0.2, 0.25) is 4.34 Å². The second kappa shape index (κ2) is 6.70. The van der Waals surface area contributed by atoms with Crippen LogP contribution in [-0.2, 0) is 18.4 Å². The number of halogens is 1. The number of nitrogens with zero attached hydrogens (tertiary/aromatic N) is 4. The summed E-state index contributed by atoms with van der Waals surface area (Å²) in [7, 11) is 1.85. The van der Waals surface area contributed by atoms with E-state index >= 15 is 0 Å². The third kappa shape index (κ3) is 2.95. The van der Waals surface area contributed by atoms with Gasteiger partial charge in [0.1, 0.15) is 5.69 Å². The number of benzene rings is 1. The summed E-state index contributed by atoms with van der Waals surface area (Å²) in [5.41, 5.74) is 4.14. The smallest absolute Gasteiger partial charge is 0.246 e. The maximum absolute atomic E-state index is 12.3. The molecule has 3 aromatic rings. The zero-order valence-electron chi connectivity index (χ0n) is 14.2. The number of aryl methyl sites for hydroxylation is 1. The van der Waals surface area contributed by atoms with Crippen molar-refractivity contribution in [3.63, 3.8) is 0 Å². The van der Waals surface area contributed by atoms with Crippen molar-refractivity contribution in [1.29, 1.82) is 0 Å². The van der Waals surface area contributed by atoms with Crippen LogP contribution >= 0.6 is 22.9 Å². The van der Waals surface area contributed by atoms with Crippen molar-refractivity contribution in [1.82, 2.24) is 19.9 Å². The molecule has 0 saturated heterocycles. The van der Waals surface area contributed by atoms with Crippen LogP contribution < -0.4 is 0 Å². The quantitative estimate of drug-likeness (QED) is 0.644. The van der Waals surface area contributed by atoms with Gasteiger partial charge in [0.2, 0.25) is 5.91 Å². The first-order chi connectivity index (χ1) is 12.6. The van der Waals surface area contributed by atoms with Crippen molar-refractivity contribution in [3.05, 3.63) is 69.5 Å². The average Bonchev–Trinajstić information content (AvgIpc) is 3.24. The second-order valence-electron chi connectivity index (χ2n) is 6.27. The van der Waals surface area contributed by atoms with Crippen LogP contribution in [0.3, 0.4) is 0 Å². The molecule has 1 amide bonds. The Kier molecular flexibility index (Phi) is 4.38. The Morgan fingerprint density at radius 3 is 2.92 bits per heavy atom. The van der Waals surface area contributed by atoms with E-state index in [1.54, 1.807) is 4.68 Å². The highest BCUT2D eigenvalue weighted by Gasteiger charge is 2.31. The highest BCUT2D eigenvalue weighted by atomic mass is 35.5. The van der Waals surface area contributed by atoms with Crippen molar-refractivity contribution in [3.8, 4) is 11.3 Å². The van der Waals surface area contributed by atoms with Gasteiger partial charge >= 0.3 is 0 Å². The lowest BCUT2D eigenvalue weighted by atomic mass is 9.85. The number of thiophene rings is 1. The molecule has 1 aromatic carbocycles. The molecule has 0 bridgehead atoms. The van der Waals surface area contributed by atoms with Crippen LogP contribution in [0.4, 0.5) is 0 Å². The Bertz CT molecular complexity index is 993. The van der Waals surface area contributed by atoms with Crippen molar-refractivity contribution in [2.24, 2.45) is 7.05 Å². The fraction of sp³-hybridized carbons (Fsp3) is 0.211. The molecule has 0 spiro atoms. The second-order valence-corrected chi connectivity index (χ2v) is 8.04. The zero-order chi connectivity index (χ0) is 18.3. The van der Waals surface area contributed by atoms with Gasteiger partial charge in [0.25, 0.3) is 0 Å². The predicted molar refractivity (Wildman–Crippen MR) is 103 cm³/mol. The normalized spacial score (nSPS) is 16.4. The summed E-state index contributed by atoms with van der Waals surface area (Å²) >= 11 is 7.83. The van der Waals surface area contributed by atoms with Crippen molar-refractivity contribution in [2.75, 3.05) is 6.54 Å². The molecule has 132 valence electrons. The van der Waals surface area contributed by atoms with Crippen LogP contribution in [0, 0.1) is 0 Å².